The SMILES string of the molecule is COCCc1ccc(OS(=O)(=O)Cc2cccc(C(F)(F)F)c2)cc1. The van der Waals surface area contributed by atoms with Crippen LogP contribution in [0, 0.1) is 0 Å². The van der Waals surface area contributed by atoms with Crippen LogP contribution in [0.2, 0.25) is 0 Å². The van der Waals surface area contributed by atoms with Crippen LogP contribution in [0.4, 0.5) is 13.2 Å². The third-order valence-corrected chi connectivity index (χ3v) is 4.47. The third kappa shape index (κ3) is 6.06. The summed E-state index contributed by atoms with van der Waals surface area (Å²) >= 11 is 0. The van der Waals surface area contributed by atoms with Crippen molar-refractivity contribution < 1.29 is 30.5 Å². The van der Waals surface area contributed by atoms with E-state index in [0.29, 0.717) is 13.0 Å². The van der Waals surface area contributed by atoms with Gasteiger partial charge >= 0.3 is 16.3 Å². The Labute approximate surface area is 144 Å². The van der Waals surface area contributed by atoms with Gasteiger partial charge in [0, 0.05) is 7.11 Å². The van der Waals surface area contributed by atoms with E-state index in [4.69, 9.17) is 8.92 Å². The van der Waals surface area contributed by atoms with Crippen molar-refractivity contribution in [2.75, 3.05) is 13.7 Å². The van der Waals surface area contributed by atoms with Crippen LogP contribution in [0.15, 0.2) is 48.5 Å². The van der Waals surface area contributed by atoms with Crippen molar-refractivity contribution in [3.05, 3.63) is 65.2 Å². The molecule has 0 aliphatic rings. The zero-order valence-electron chi connectivity index (χ0n) is 13.4. The maximum atomic E-state index is 12.7. The summed E-state index contributed by atoms with van der Waals surface area (Å²) in [6.45, 7) is 0.536. The number of ether oxygens (including phenoxy) is 1. The highest BCUT2D eigenvalue weighted by molar-refractivity contribution is 7.86. The predicted octanol–water partition coefficient (Wildman–Crippen LogP) is 3.80. The second kappa shape index (κ2) is 7.88. The van der Waals surface area contributed by atoms with Gasteiger partial charge in [-0.2, -0.15) is 21.6 Å². The van der Waals surface area contributed by atoms with Gasteiger partial charge in [0.2, 0.25) is 0 Å². The number of halogens is 3. The van der Waals surface area contributed by atoms with Gasteiger partial charge in [0.05, 0.1) is 12.2 Å². The second-order valence-corrected chi connectivity index (χ2v) is 6.94. The van der Waals surface area contributed by atoms with Crippen LogP contribution in [-0.4, -0.2) is 22.1 Å². The van der Waals surface area contributed by atoms with Crippen LogP contribution < -0.4 is 4.18 Å². The Morgan fingerprint density at radius 1 is 1.00 bits per heavy atom. The van der Waals surface area contributed by atoms with Gasteiger partial charge in [-0.25, -0.2) is 0 Å². The molecule has 0 atom stereocenters. The molecule has 0 amide bonds. The van der Waals surface area contributed by atoms with Crippen LogP contribution in [0.3, 0.4) is 0 Å². The first kappa shape index (κ1) is 19.3. The summed E-state index contributed by atoms with van der Waals surface area (Å²) in [5.41, 5.74) is 0.0544. The molecule has 0 aliphatic carbocycles. The molecular formula is C17H17F3O4S. The van der Waals surface area contributed by atoms with Gasteiger partial charge in [-0.05, 0) is 35.7 Å². The quantitative estimate of drug-likeness (QED) is 0.692. The minimum atomic E-state index is -4.53. The molecule has 2 aromatic carbocycles. The Balaban J connectivity index is 2.07. The molecule has 0 aliphatic heterocycles. The van der Waals surface area contributed by atoms with Crippen molar-refractivity contribution in [2.45, 2.75) is 18.3 Å². The van der Waals surface area contributed by atoms with Crippen LogP contribution in [0.1, 0.15) is 16.7 Å². The Hall–Kier alpha value is -2.06. The van der Waals surface area contributed by atoms with Crippen LogP contribution in [0.5, 0.6) is 5.75 Å². The lowest BCUT2D eigenvalue weighted by Crippen LogP contribution is -2.13. The highest BCUT2D eigenvalue weighted by Crippen LogP contribution is 2.30. The zero-order chi connectivity index (χ0) is 18.5. The van der Waals surface area contributed by atoms with Crippen molar-refractivity contribution in [3.8, 4) is 5.75 Å². The topological polar surface area (TPSA) is 52.6 Å². The largest absolute Gasteiger partial charge is 0.416 e. The Bertz CT molecular complexity index is 799. The lowest BCUT2D eigenvalue weighted by molar-refractivity contribution is -0.137. The molecule has 0 heterocycles. The Morgan fingerprint density at radius 2 is 1.68 bits per heavy atom. The monoisotopic (exact) mass is 374 g/mol. The van der Waals surface area contributed by atoms with Gasteiger partial charge in [0.25, 0.3) is 0 Å². The predicted molar refractivity (Wildman–Crippen MR) is 86.7 cm³/mol. The zero-order valence-corrected chi connectivity index (χ0v) is 14.2. The number of rotatable bonds is 7. The van der Waals surface area contributed by atoms with Gasteiger partial charge in [0.1, 0.15) is 11.5 Å². The summed E-state index contributed by atoms with van der Waals surface area (Å²) in [4.78, 5) is 0. The van der Waals surface area contributed by atoms with Crippen molar-refractivity contribution in [1.82, 2.24) is 0 Å². The van der Waals surface area contributed by atoms with E-state index in [1.54, 1.807) is 19.2 Å². The van der Waals surface area contributed by atoms with E-state index in [9.17, 15) is 21.6 Å². The summed E-state index contributed by atoms with van der Waals surface area (Å²) < 4.78 is 72.1. The van der Waals surface area contributed by atoms with Crippen LogP contribution >= 0.6 is 0 Å². The lowest BCUT2D eigenvalue weighted by atomic mass is 10.1. The number of benzene rings is 2. The minimum absolute atomic E-state index is 0.00606. The standard InChI is InChI=1S/C17H17F3O4S/c1-23-10-9-13-5-7-16(8-6-13)24-25(21,22)12-14-3-2-4-15(11-14)17(18,19)20/h2-8,11H,9-10,12H2,1H3. The highest BCUT2D eigenvalue weighted by atomic mass is 32.2. The number of hydrogen-bond acceptors (Lipinski definition) is 4. The van der Waals surface area contributed by atoms with E-state index < -0.39 is 27.6 Å². The molecule has 136 valence electrons. The fourth-order valence-corrected chi connectivity index (χ4v) is 3.20. The first-order valence-corrected chi connectivity index (χ1v) is 8.93. The van der Waals surface area contributed by atoms with E-state index in [-0.39, 0.29) is 11.3 Å². The molecule has 8 heteroatoms. The van der Waals surface area contributed by atoms with Gasteiger partial charge < -0.3 is 8.92 Å². The third-order valence-electron chi connectivity index (χ3n) is 3.34. The fraction of sp³-hybridized carbons (Fsp3) is 0.294. The van der Waals surface area contributed by atoms with Gasteiger partial charge in [-0.1, -0.05) is 30.3 Å². The number of hydrogen-bond donors (Lipinski definition) is 0. The van der Waals surface area contributed by atoms with Crippen molar-refractivity contribution in [3.63, 3.8) is 0 Å². The maximum absolute atomic E-state index is 12.7. The molecule has 0 saturated heterocycles. The molecule has 0 bridgehead atoms. The van der Waals surface area contributed by atoms with E-state index in [2.05, 4.69) is 0 Å². The van der Waals surface area contributed by atoms with E-state index in [0.717, 1.165) is 23.8 Å². The molecule has 0 saturated carbocycles. The summed E-state index contributed by atoms with van der Waals surface area (Å²) in [6.07, 6.45) is -3.85. The summed E-state index contributed by atoms with van der Waals surface area (Å²) in [7, 11) is -2.49. The summed E-state index contributed by atoms with van der Waals surface area (Å²) in [5.74, 6) is -0.546. The summed E-state index contributed by atoms with van der Waals surface area (Å²) in [5, 5.41) is 0. The molecule has 2 aromatic rings. The van der Waals surface area contributed by atoms with Gasteiger partial charge in [-0.15, -0.1) is 0 Å². The Morgan fingerprint density at radius 3 is 2.28 bits per heavy atom. The Kier molecular flexibility index (Phi) is 6.07. The number of alkyl halides is 3. The van der Waals surface area contributed by atoms with E-state index in [1.807, 2.05) is 0 Å². The molecule has 0 N–H and O–H groups in total. The normalized spacial score (nSPS) is 12.2. The van der Waals surface area contributed by atoms with Crippen LogP contribution in [0.25, 0.3) is 0 Å². The minimum Gasteiger partial charge on any atom is -0.384 e. The molecule has 2 rings (SSSR count). The lowest BCUT2D eigenvalue weighted by Gasteiger charge is -2.10. The first-order chi connectivity index (χ1) is 11.7. The average molecular weight is 374 g/mol. The van der Waals surface area contributed by atoms with E-state index in [1.165, 1.54) is 18.2 Å². The van der Waals surface area contributed by atoms with E-state index >= 15 is 0 Å². The molecule has 0 spiro atoms. The van der Waals surface area contributed by atoms with Crippen molar-refractivity contribution >= 4 is 10.1 Å². The first-order valence-electron chi connectivity index (χ1n) is 7.36. The maximum Gasteiger partial charge on any atom is 0.416 e. The fourth-order valence-electron chi connectivity index (χ4n) is 2.15. The molecule has 0 unspecified atom stereocenters. The molecule has 0 aromatic heterocycles. The van der Waals surface area contributed by atoms with Crippen molar-refractivity contribution in [1.29, 1.82) is 0 Å². The number of methoxy groups -OCH3 is 1. The smallest absolute Gasteiger partial charge is 0.384 e. The van der Waals surface area contributed by atoms with Crippen molar-refractivity contribution in [2.24, 2.45) is 0 Å². The van der Waals surface area contributed by atoms with Gasteiger partial charge in [0.15, 0.2) is 0 Å². The molecule has 0 radical (unpaired) electrons. The average Bonchev–Trinajstić information content (AvgIpc) is 2.53. The molecule has 4 nitrogen and oxygen atoms in total. The molecular weight excluding hydrogens is 357 g/mol. The van der Waals surface area contributed by atoms with Gasteiger partial charge in [-0.3, -0.25) is 0 Å². The second-order valence-electron chi connectivity index (χ2n) is 5.37. The van der Waals surface area contributed by atoms with Crippen LogP contribution in [-0.2, 0) is 33.2 Å². The molecule has 0 fully saturated rings. The molecule has 25 heavy (non-hydrogen) atoms. The highest BCUT2D eigenvalue weighted by Gasteiger charge is 2.30. The summed E-state index contributed by atoms with van der Waals surface area (Å²) in [6, 6.07) is 10.6.